The summed E-state index contributed by atoms with van der Waals surface area (Å²) in [4.78, 5) is 0. The monoisotopic (exact) mass is 599 g/mol. The average molecular weight is 599 g/mol. The van der Waals surface area contributed by atoms with Crippen molar-refractivity contribution in [3.8, 4) is 0 Å². The Morgan fingerprint density at radius 2 is 0.450 bits per heavy atom. The van der Waals surface area contributed by atoms with Crippen LogP contribution in [0.2, 0.25) is 18.4 Å². The van der Waals surface area contributed by atoms with E-state index in [0.29, 0.717) is 0 Å². The van der Waals surface area contributed by atoms with E-state index < -0.39 is 16.6 Å². The van der Waals surface area contributed by atoms with Crippen LogP contribution in [0.1, 0.15) is 227 Å². The first-order valence-corrected chi connectivity index (χ1v) is 23.8. The van der Waals surface area contributed by atoms with E-state index in [9.17, 15) is 0 Å². The SMILES string of the molecule is CCCCCCCCCCC[CH2][Ti]([CH2]CCCCCCCCCCC)([CH2]CCCCCCCCCCC)[CH](C)C. The molecule has 0 unspecified atom stereocenters. The van der Waals surface area contributed by atoms with E-state index in [1.807, 2.05) is 0 Å². The van der Waals surface area contributed by atoms with Crippen molar-refractivity contribution in [2.45, 2.75) is 246 Å². The molecule has 242 valence electrons. The predicted octanol–water partition coefficient (Wildman–Crippen LogP) is 16.0. The van der Waals surface area contributed by atoms with Crippen molar-refractivity contribution >= 4 is 0 Å². The van der Waals surface area contributed by atoms with Crippen LogP contribution in [-0.4, -0.2) is 0 Å². The second kappa shape index (κ2) is 32.6. The van der Waals surface area contributed by atoms with Crippen LogP contribution < -0.4 is 0 Å². The first-order chi connectivity index (χ1) is 19.6. The Bertz CT molecular complexity index is 396. The summed E-state index contributed by atoms with van der Waals surface area (Å²) in [6, 6.07) is 0. The molecule has 0 atom stereocenters. The van der Waals surface area contributed by atoms with E-state index in [4.69, 9.17) is 0 Å². The molecule has 0 nitrogen and oxygen atoms in total. The van der Waals surface area contributed by atoms with Crippen molar-refractivity contribution in [1.82, 2.24) is 0 Å². The van der Waals surface area contributed by atoms with Crippen molar-refractivity contribution in [3.63, 3.8) is 0 Å². The van der Waals surface area contributed by atoms with Crippen LogP contribution in [0.25, 0.3) is 0 Å². The van der Waals surface area contributed by atoms with E-state index in [1.54, 1.807) is 33.4 Å². The second-order valence-electron chi connectivity index (χ2n) is 14.3. The third kappa shape index (κ3) is 26.3. The molecule has 0 bridgehead atoms. The Balaban J connectivity index is 4.38. The molecule has 0 aliphatic heterocycles. The van der Waals surface area contributed by atoms with Crippen LogP contribution in [0.15, 0.2) is 0 Å². The summed E-state index contributed by atoms with van der Waals surface area (Å²) in [7, 11) is 0. The van der Waals surface area contributed by atoms with E-state index in [-0.39, 0.29) is 0 Å². The van der Waals surface area contributed by atoms with Gasteiger partial charge in [-0.25, -0.2) is 0 Å². The van der Waals surface area contributed by atoms with E-state index in [2.05, 4.69) is 34.6 Å². The predicted molar refractivity (Wildman–Crippen MR) is 185 cm³/mol. The van der Waals surface area contributed by atoms with Gasteiger partial charge in [0.1, 0.15) is 0 Å². The summed E-state index contributed by atoms with van der Waals surface area (Å²) >= 11 is -1.76. The van der Waals surface area contributed by atoms with Gasteiger partial charge in [0.2, 0.25) is 0 Å². The van der Waals surface area contributed by atoms with Gasteiger partial charge in [-0.2, -0.15) is 0 Å². The summed E-state index contributed by atoms with van der Waals surface area (Å²) in [5.41, 5.74) is 0. The maximum atomic E-state index is 2.66. The topological polar surface area (TPSA) is 0 Å². The van der Waals surface area contributed by atoms with Gasteiger partial charge in [0.05, 0.1) is 0 Å². The van der Waals surface area contributed by atoms with Crippen LogP contribution in [0.4, 0.5) is 0 Å². The molecule has 0 aliphatic rings. The molecule has 0 aromatic heterocycles. The Morgan fingerprint density at radius 3 is 0.625 bits per heavy atom. The minimum absolute atomic E-state index is 1.04. The number of hydrogen-bond donors (Lipinski definition) is 0. The molecular formula is C39H82Ti. The molecule has 1 heteroatoms. The Hall–Kier alpha value is 0.714. The number of hydrogen-bond acceptors (Lipinski definition) is 0. The molecule has 0 aromatic carbocycles. The van der Waals surface area contributed by atoms with Gasteiger partial charge in [0.15, 0.2) is 0 Å². The zero-order valence-corrected chi connectivity index (χ0v) is 31.0. The number of unbranched alkanes of at least 4 members (excludes halogenated alkanes) is 27. The third-order valence-corrected chi connectivity index (χ3v) is 20.5. The van der Waals surface area contributed by atoms with Crippen LogP contribution in [0.3, 0.4) is 0 Å². The van der Waals surface area contributed by atoms with Crippen LogP contribution in [-0.2, 0) is 16.6 Å². The summed E-state index contributed by atoms with van der Waals surface area (Å²) in [6.07, 6.45) is 44.7. The molecule has 0 spiro atoms. The minimum atomic E-state index is -1.76. The molecule has 0 aliphatic carbocycles. The van der Waals surface area contributed by atoms with Gasteiger partial charge in [-0.05, 0) is 0 Å². The molecule has 0 radical (unpaired) electrons. The summed E-state index contributed by atoms with van der Waals surface area (Å²) in [5.74, 6) is 0. The van der Waals surface area contributed by atoms with Gasteiger partial charge in [-0.15, -0.1) is 0 Å². The third-order valence-electron chi connectivity index (χ3n) is 10.3. The Morgan fingerprint density at radius 1 is 0.275 bits per heavy atom. The van der Waals surface area contributed by atoms with Crippen LogP contribution in [0.5, 0.6) is 0 Å². The quantitative estimate of drug-likeness (QED) is 0.0510. The molecule has 0 rings (SSSR count). The number of rotatable bonds is 34. The van der Waals surface area contributed by atoms with Crippen molar-refractivity contribution < 1.29 is 16.6 Å². The zero-order chi connectivity index (χ0) is 29.4. The zero-order valence-electron chi connectivity index (χ0n) is 29.4. The normalized spacial score (nSPS) is 12.2. The van der Waals surface area contributed by atoms with E-state index >= 15 is 0 Å². The Kier molecular flexibility index (Phi) is 33.2. The van der Waals surface area contributed by atoms with Gasteiger partial charge < -0.3 is 0 Å². The molecule has 0 saturated carbocycles. The van der Waals surface area contributed by atoms with Crippen molar-refractivity contribution in [1.29, 1.82) is 0 Å². The van der Waals surface area contributed by atoms with Crippen LogP contribution in [0, 0.1) is 0 Å². The summed E-state index contributed by atoms with van der Waals surface area (Å²) in [5, 5.41) is 0. The standard InChI is InChI=1S/3C12H25.C3H7.Ti/c3*1-3-5-7-9-11-12-10-8-6-4-2;1-3-2;/h3*1,3-12H2,2H3;3H,1-2H3;. The van der Waals surface area contributed by atoms with Crippen molar-refractivity contribution in [2.24, 2.45) is 0 Å². The molecule has 0 aromatic rings. The van der Waals surface area contributed by atoms with Crippen molar-refractivity contribution in [2.75, 3.05) is 0 Å². The van der Waals surface area contributed by atoms with Gasteiger partial charge in [0.25, 0.3) is 0 Å². The van der Waals surface area contributed by atoms with Crippen LogP contribution >= 0.6 is 0 Å². The molecule has 0 heterocycles. The van der Waals surface area contributed by atoms with E-state index in [1.165, 1.54) is 173 Å². The first kappa shape index (κ1) is 40.7. The molecular weight excluding hydrogens is 516 g/mol. The molecule has 0 N–H and O–H groups in total. The van der Waals surface area contributed by atoms with Gasteiger partial charge in [-0.1, -0.05) is 0 Å². The van der Waals surface area contributed by atoms with Gasteiger partial charge in [-0.3, -0.25) is 0 Å². The van der Waals surface area contributed by atoms with Gasteiger partial charge >= 0.3 is 262 Å². The molecule has 0 fully saturated rings. The fraction of sp³-hybridized carbons (Fsp3) is 1.00. The van der Waals surface area contributed by atoms with Gasteiger partial charge in [0, 0.05) is 0 Å². The fourth-order valence-corrected chi connectivity index (χ4v) is 15.5. The average Bonchev–Trinajstić information content (AvgIpc) is 2.95. The van der Waals surface area contributed by atoms with E-state index in [0.717, 1.165) is 4.22 Å². The summed E-state index contributed by atoms with van der Waals surface area (Å²) in [6.45, 7) is 12.3. The second-order valence-corrected chi connectivity index (χ2v) is 22.7. The maximum absolute atomic E-state index is 2.66. The summed E-state index contributed by atoms with van der Waals surface area (Å²) < 4.78 is 6.13. The fourth-order valence-electron chi connectivity index (χ4n) is 7.13. The first-order valence-electron chi connectivity index (χ1n) is 19.6. The molecule has 0 amide bonds. The Labute approximate surface area is 261 Å². The molecule has 40 heavy (non-hydrogen) atoms. The van der Waals surface area contributed by atoms with Crippen molar-refractivity contribution in [3.05, 3.63) is 0 Å². The molecule has 0 saturated heterocycles.